The van der Waals surface area contributed by atoms with Gasteiger partial charge in [0, 0.05) is 17.3 Å². The maximum absolute atomic E-state index is 12.5. The van der Waals surface area contributed by atoms with Crippen LogP contribution in [0.4, 0.5) is 4.79 Å². The van der Waals surface area contributed by atoms with E-state index in [-0.39, 0.29) is 18.2 Å². The number of carbonyl (C=O) groups excluding carboxylic acids is 2. The fourth-order valence-corrected chi connectivity index (χ4v) is 2.08. The zero-order valence-corrected chi connectivity index (χ0v) is 16.4. The van der Waals surface area contributed by atoms with Crippen molar-refractivity contribution in [2.75, 3.05) is 6.61 Å². The number of benzene rings is 1. The van der Waals surface area contributed by atoms with E-state index in [1.807, 2.05) is 13.8 Å². The van der Waals surface area contributed by atoms with E-state index < -0.39 is 17.7 Å². The number of hydrogen-bond donors (Lipinski definition) is 0. The Kier molecular flexibility index (Phi) is 7.49. The topological polar surface area (TPSA) is 55.8 Å². The summed E-state index contributed by atoms with van der Waals surface area (Å²) in [4.78, 5) is 26.3. The van der Waals surface area contributed by atoms with Crippen LogP contribution in [0, 0.1) is 0 Å². The first-order valence-corrected chi connectivity index (χ1v) is 8.59. The number of nitrogens with zero attached hydrogens (tertiary/aromatic N) is 1. The fraction of sp³-hybridized carbons (Fsp3) is 0.474. The average Bonchev–Trinajstić information content (AvgIpc) is 2.47. The van der Waals surface area contributed by atoms with Crippen LogP contribution in [0.3, 0.4) is 0 Å². The molecule has 0 atom stereocenters. The second-order valence-corrected chi connectivity index (χ2v) is 7.19. The SMILES string of the molecule is CCOC(=O)/C(=C/N(C(=O)OC(C)(C)C)C(C)C)c1ccc(Cl)cc1. The van der Waals surface area contributed by atoms with E-state index >= 15 is 0 Å². The van der Waals surface area contributed by atoms with Crippen molar-refractivity contribution in [3.8, 4) is 0 Å². The molecule has 1 amide bonds. The van der Waals surface area contributed by atoms with Crippen LogP contribution < -0.4 is 0 Å². The lowest BCUT2D eigenvalue weighted by Gasteiger charge is -2.28. The lowest BCUT2D eigenvalue weighted by atomic mass is 10.1. The second kappa shape index (κ2) is 8.90. The van der Waals surface area contributed by atoms with Crippen molar-refractivity contribution in [3.05, 3.63) is 41.1 Å². The zero-order valence-electron chi connectivity index (χ0n) is 15.6. The lowest BCUT2D eigenvalue weighted by Crippen LogP contribution is -2.38. The summed E-state index contributed by atoms with van der Waals surface area (Å²) in [5, 5.41) is 0.555. The van der Waals surface area contributed by atoms with Gasteiger partial charge in [-0.1, -0.05) is 23.7 Å². The summed E-state index contributed by atoms with van der Waals surface area (Å²) in [7, 11) is 0. The molecule has 0 saturated heterocycles. The van der Waals surface area contributed by atoms with Crippen molar-refractivity contribution in [1.29, 1.82) is 0 Å². The van der Waals surface area contributed by atoms with Gasteiger partial charge in [-0.3, -0.25) is 4.90 Å². The molecule has 0 aromatic heterocycles. The molecule has 1 aromatic rings. The smallest absolute Gasteiger partial charge is 0.414 e. The van der Waals surface area contributed by atoms with Crippen molar-refractivity contribution >= 4 is 29.2 Å². The van der Waals surface area contributed by atoms with E-state index in [0.29, 0.717) is 10.6 Å². The summed E-state index contributed by atoms with van der Waals surface area (Å²) in [6.07, 6.45) is 0.943. The largest absolute Gasteiger partial charge is 0.462 e. The molecule has 138 valence electrons. The van der Waals surface area contributed by atoms with Crippen molar-refractivity contribution < 1.29 is 19.1 Å². The third-order valence-electron chi connectivity index (χ3n) is 3.08. The first kappa shape index (κ1) is 21.0. The highest BCUT2D eigenvalue weighted by molar-refractivity contribution is 6.30. The zero-order chi connectivity index (χ0) is 19.2. The van der Waals surface area contributed by atoms with E-state index in [2.05, 4.69) is 0 Å². The maximum atomic E-state index is 12.5. The molecule has 0 heterocycles. The van der Waals surface area contributed by atoms with Crippen molar-refractivity contribution in [2.45, 2.75) is 53.2 Å². The van der Waals surface area contributed by atoms with E-state index in [1.165, 1.54) is 11.1 Å². The van der Waals surface area contributed by atoms with Gasteiger partial charge < -0.3 is 9.47 Å². The number of hydrogen-bond acceptors (Lipinski definition) is 4. The first-order valence-electron chi connectivity index (χ1n) is 8.21. The number of rotatable bonds is 5. The molecule has 1 aromatic carbocycles. The first-order chi connectivity index (χ1) is 11.5. The van der Waals surface area contributed by atoms with Crippen molar-refractivity contribution in [2.24, 2.45) is 0 Å². The van der Waals surface area contributed by atoms with Gasteiger partial charge >= 0.3 is 12.1 Å². The van der Waals surface area contributed by atoms with Crippen molar-refractivity contribution in [1.82, 2.24) is 4.90 Å². The molecule has 0 fully saturated rings. The Hall–Kier alpha value is -2.01. The molecule has 0 bridgehead atoms. The fourth-order valence-electron chi connectivity index (χ4n) is 1.95. The van der Waals surface area contributed by atoms with Crippen LogP contribution >= 0.6 is 11.6 Å². The molecule has 0 aliphatic carbocycles. The maximum Gasteiger partial charge on any atom is 0.414 e. The third kappa shape index (κ3) is 6.78. The summed E-state index contributed by atoms with van der Waals surface area (Å²) < 4.78 is 10.6. The van der Waals surface area contributed by atoms with Gasteiger partial charge in [0.25, 0.3) is 0 Å². The average molecular weight is 368 g/mol. The highest BCUT2D eigenvalue weighted by Gasteiger charge is 2.25. The molecule has 6 heteroatoms. The normalized spacial score (nSPS) is 12.1. The lowest BCUT2D eigenvalue weighted by molar-refractivity contribution is -0.136. The molecule has 0 aliphatic rings. The van der Waals surface area contributed by atoms with Crippen LogP contribution in [-0.4, -0.2) is 35.2 Å². The van der Waals surface area contributed by atoms with E-state index in [4.69, 9.17) is 21.1 Å². The Bertz CT molecular complexity index is 630. The Morgan fingerprint density at radius 2 is 1.76 bits per heavy atom. The van der Waals surface area contributed by atoms with Gasteiger partial charge in [-0.2, -0.15) is 0 Å². The summed E-state index contributed by atoms with van der Waals surface area (Å²) >= 11 is 5.92. The summed E-state index contributed by atoms with van der Waals surface area (Å²) in [5.41, 5.74) is 0.234. The van der Waals surface area contributed by atoms with Gasteiger partial charge in [-0.05, 0) is 59.2 Å². The predicted molar refractivity (Wildman–Crippen MR) is 99.3 cm³/mol. The van der Waals surface area contributed by atoms with Crippen LogP contribution in [0.15, 0.2) is 30.5 Å². The van der Waals surface area contributed by atoms with Crippen LogP contribution in [0.2, 0.25) is 5.02 Å². The monoisotopic (exact) mass is 367 g/mol. The molecule has 5 nitrogen and oxygen atoms in total. The van der Waals surface area contributed by atoms with Gasteiger partial charge in [0.1, 0.15) is 5.60 Å². The van der Waals surface area contributed by atoms with Crippen LogP contribution in [0.1, 0.15) is 47.1 Å². The molecule has 1 rings (SSSR count). The summed E-state index contributed by atoms with van der Waals surface area (Å²) in [6.45, 7) is 11.0. The Labute approximate surface area is 154 Å². The third-order valence-corrected chi connectivity index (χ3v) is 3.33. The summed E-state index contributed by atoms with van der Waals surface area (Å²) in [6, 6.07) is 6.57. The van der Waals surface area contributed by atoms with Gasteiger partial charge in [-0.25, -0.2) is 9.59 Å². The molecule has 0 N–H and O–H groups in total. The van der Waals surface area contributed by atoms with Gasteiger partial charge in [-0.15, -0.1) is 0 Å². The number of ether oxygens (including phenoxy) is 2. The highest BCUT2D eigenvalue weighted by Crippen LogP contribution is 2.22. The predicted octanol–water partition coefficient (Wildman–Crippen LogP) is 4.89. The Morgan fingerprint density at radius 1 is 1.20 bits per heavy atom. The minimum absolute atomic E-state index is 0.202. The molecule has 0 unspecified atom stereocenters. The number of halogens is 1. The standard InChI is InChI=1S/C19H26ClNO4/c1-7-24-17(22)16(14-8-10-15(20)11-9-14)12-21(13(2)3)18(23)25-19(4,5)6/h8-13H,7H2,1-6H3/b16-12+. The van der Waals surface area contributed by atoms with Crippen molar-refractivity contribution in [3.63, 3.8) is 0 Å². The van der Waals surface area contributed by atoms with Crippen LogP contribution in [-0.2, 0) is 14.3 Å². The van der Waals surface area contributed by atoms with E-state index in [0.717, 1.165) is 0 Å². The van der Waals surface area contributed by atoms with Gasteiger partial charge in [0.05, 0.1) is 12.2 Å². The Morgan fingerprint density at radius 3 is 2.20 bits per heavy atom. The Balaban J connectivity index is 3.30. The molecule has 0 radical (unpaired) electrons. The molecule has 25 heavy (non-hydrogen) atoms. The molecular weight excluding hydrogens is 342 g/mol. The number of amides is 1. The molecule has 0 spiro atoms. The minimum atomic E-state index is -0.636. The number of carbonyl (C=O) groups is 2. The van der Waals surface area contributed by atoms with Crippen LogP contribution in [0.25, 0.3) is 5.57 Å². The molecule has 0 aliphatic heterocycles. The molecule has 0 saturated carbocycles. The summed E-state index contributed by atoms with van der Waals surface area (Å²) in [5.74, 6) is -0.515. The quantitative estimate of drug-likeness (QED) is 0.549. The van der Waals surface area contributed by atoms with Gasteiger partial charge in [0.2, 0.25) is 0 Å². The highest BCUT2D eigenvalue weighted by atomic mass is 35.5. The van der Waals surface area contributed by atoms with E-state index in [9.17, 15) is 9.59 Å². The van der Waals surface area contributed by atoms with Gasteiger partial charge in [0.15, 0.2) is 0 Å². The second-order valence-electron chi connectivity index (χ2n) is 6.75. The molecular formula is C19H26ClNO4. The van der Waals surface area contributed by atoms with E-state index in [1.54, 1.807) is 52.0 Å². The minimum Gasteiger partial charge on any atom is -0.462 e. The van der Waals surface area contributed by atoms with Crippen LogP contribution in [0.5, 0.6) is 0 Å². The number of esters is 1.